The lowest BCUT2D eigenvalue weighted by Crippen LogP contribution is -2.35. The summed E-state index contributed by atoms with van der Waals surface area (Å²) in [5.41, 5.74) is 6.26. The van der Waals surface area contributed by atoms with Gasteiger partial charge < -0.3 is 4.74 Å². The van der Waals surface area contributed by atoms with Crippen LogP contribution in [-0.4, -0.2) is 11.8 Å². The molecule has 1 fully saturated rings. The van der Waals surface area contributed by atoms with Crippen LogP contribution in [-0.2, 0) is 16.2 Å². The van der Waals surface area contributed by atoms with E-state index in [2.05, 4.69) is 5.43 Å². The van der Waals surface area contributed by atoms with Crippen molar-refractivity contribution in [1.82, 2.24) is 5.43 Å². The van der Waals surface area contributed by atoms with Gasteiger partial charge in [-0.3, -0.25) is 15.0 Å². The fraction of sp³-hybridized carbons (Fsp3) is 0.0833. The van der Waals surface area contributed by atoms with Crippen LogP contribution in [0.4, 0.5) is 5.69 Å². The van der Waals surface area contributed by atoms with Gasteiger partial charge in [0.25, 0.3) is 11.8 Å². The van der Waals surface area contributed by atoms with E-state index in [9.17, 15) is 9.59 Å². The highest BCUT2D eigenvalue weighted by Crippen LogP contribution is 2.23. The molecule has 144 valence electrons. The van der Waals surface area contributed by atoms with Gasteiger partial charge in [-0.15, -0.1) is 0 Å². The van der Waals surface area contributed by atoms with Crippen molar-refractivity contribution in [1.29, 1.82) is 0 Å². The molecule has 5 nitrogen and oxygen atoms in total. The Kier molecular flexibility index (Phi) is 5.12. The summed E-state index contributed by atoms with van der Waals surface area (Å²) in [6.45, 7) is 2.44. The zero-order valence-electron chi connectivity index (χ0n) is 16.0. The van der Waals surface area contributed by atoms with E-state index in [-0.39, 0.29) is 11.5 Å². The van der Waals surface area contributed by atoms with Crippen LogP contribution in [0.15, 0.2) is 84.4 Å². The number of anilines is 1. The third-order valence-corrected chi connectivity index (χ3v) is 4.62. The number of rotatable bonds is 5. The van der Waals surface area contributed by atoms with E-state index in [1.165, 1.54) is 5.01 Å². The summed E-state index contributed by atoms with van der Waals surface area (Å²) in [5, 5.41) is 1.27. The van der Waals surface area contributed by atoms with Crippen molar-refractivity contribution in [2.45, 2.75) is 13.5 Å². The van der Waals surface area contributed by atoms with Gasteiger partial charge in [0, 0.05) is 0 Å². The van der Waals surface area contributed by atoms with Gasteiger partial charge in [-0.25, -0.2) is 5.01 Å². The van der Waals surface area contributed by atoms with Crippen molar-refractivity contribution < 1.29 is 14.3 Å². The lowest BCUT2D eigenvalue weighted by molar-refractivity contribution is -0.117. The monoisotopic (exact) mass is 384 g/mol. The van der Waals surface area contributed by atoms with Gasteiger partial charge in [0.15, 0.2) is 0 Å². The van der Waals surface area contributed by atoms with Crippen molar-refractivity contribution in [3.63, 3.8) is 0 Å². The van der Waals surface area contributed by atoms with Gasteiger partial charge in [0.1, 0.15) is 17.9 Å². The van der Waals surface area contributed by atoms with E-state index in [0.717, 1.165) is 22.4 Å². The molecule has 1 heterocycles. The maximum absolute atomic E-state index is 12.7. The Balaban J connectivity index is 1.46. The summed E-state index contributed by atoms with van der Waals surface area (Å²) >= 11 is 0. The zero-order chi connectivity index (χ0) is 20.2. The third-order valence-electron chi connectivity index (χ3n) is 4.62. The second kappa shape index (κ2) is 8.02. The van der Waals surface area contributed by atoms with Gasteiger partial charge in [0.05, 0.1) is 5.69 Å². The van der Waals surface area contributed by atoms with E-state index in [4.69, 9.17) is 4.74 Å². The molecule has 0 atom stereocenters. The first-order valence-corrected chi connectivity index (χ1v) is 9.31. The number of ether oxygens (including phenoxy) is 1. The first-order chi connectivity index (χ1) is 14.1. The average Bonchev–Trinajstić information content (AvgIpc) is 3.03. The molecule has 1 saturated heterocycles. The van der Waals surface area contributed by atoms with Gasteiger partial charge in [-0.05, 0) is 48.4 Å². The Morgan fingerprint density at radius 1 is 0.897 bits per heavy atom. The highest BCUT2D eigenvalue weighted by molar-refractivity contribution is 6.31. The molecule has 0 saturated carbocycles. The molecule has 0 unspecified atom stereocenters. The van der Waals surface area contributed by atoms with Crippen molar-refractivity contribution in [3.05, 3.63) is 101 Å². The molecule has 1 aliphatic heterocycles. The number of hydrogen-bond acceptors (Lipinski definition) is 3. The Bertz CT molecular complexity index is 1060. The number of hydrazine groups is 1. The number of carbonyl (C=O) groups excluding carboxylic acids is 2. The highest BCUT2D eigenvalue weighted by Gasteiger charge is 2.34. The third kappa shape index (κ3) is 4.19. The number of nitrogens with zero attached hydrogens (tertiary/aromatic N) is 1. The minimum Gasteiger partial charge on any atom is -0.489 e. The van der Waals surface area contributed by atoms with Crippen LogP contribution in [0, 0.1) is 6.92 Å². The van der Waals surface area contributed by atoms with Crippen LogP contribution in [0.3, 0.4) is 0 Å². The summed E-state index contributed by atoms with van der Waals surface area (Å²) in [4.78, 5) is 25.0. The Hall–Kier alpha value is -3.86. The molecule has 1 aliphatic rings. The van der Waals surface area contributed by atoms with Gasteiger partial charge in [0.2, 0.25) is 0 Å². The minimum atomic E-state index is -0.417. The molecule has 5 heteroatoms. The number of hydrogen-bond donors (Lipinski definition) is 1. The molecular formula is C24H20N2O3. The van der Waals surface area contributed by atoms with Crippen molar-refractivity contribution in [2.24, 2.45) is 0 Å². The minimum absolute atomic E-state index is 0.100. The number of aryl methyl sites for hydroxylation is 1. The standard InChI is InChI=1S/C24H20N2O3/c1-17-7-11-20(12-8-17)26-24(28)22(23(27)25-26)15-18-9-13-21(14-10-18)29-16-19-5-3-2-4-6-19/h2-15H,16H2,1H3,(H,25,27). The molecule has 2 amide bonds. The number of nitrogens with one attached hydrogen (secondary N) is 1. The topological polar surface area (TPSA) is 58.6 Å². The highest BCUT2D eigenvalue weighted by atomic mass is 16.5. The predicted octanol–water partition coefficient (Wildman–Crippen LogP) is 4.04. The first kappa shape index (κ1) is 18.5. The van der Waals surface area contributed by atoms with Crippen LogP contribution in [0.25, 0.3) is 6.08 Å². The Morgan fingerprint density at radius 2 is 1.59 bits per heavy atom. The molecular weight excluding hydrogens is 364 g/mol. The molecule has 0 bridgehead atoms. The summed E-state index contributed by atoms with van der Waals surface area (Å²) in [6, 6.07) is 24.6. The molecule has 0 spiro atoms. The lowest BCUT2D eigenvalue weighted by Gasteiger charge is -2.14. The van der Waals surface area contributed by atoms with Gasteiger partial charge in [-0.1, -0.05) is 60.2 Å². The predicted molar refractivity (Wildman–Crippen MR) is 112 cm³/mol. The summed E-state index contributed by atoms with van der Waals surface area (Å²) in [7, 11) is 0. The second-order valence-corrected chi connectivity index (χ2v) is 6.82. The normalized spacial score (nSPS) is 14.9. The van der Waals surface area contributed by atoms with Crippen molar-refractivity contribution in [2.75, 3.05) is 5.01 Å². The lowest BCUT2D eigenvalue weighted by atomic mass is 10.1. The maximum Gasteiger partial charge on any atom is 0.282 e. The quantitative estimate of drug-likeness (QED) is 0.534. The molecule has 3 aromatic rings. The Labute approximate surface area is 169 Å². The number of benzene rings is 3. The molecule has 1 N–H and O–H groups in total. The fourth-order valence-electron chi connectivity index (χ4n) is 3.00. The number of amides is 2. The molecule has 29 heavy (non-hydrogen) atoms. The van der Waals surface area contributed by atoms with Crippen LogP contribution in [0.5, 0.6) is 5.75 Å². The number of carbonyl (C=O) groups is 2. The summed E-state index contributed by atoms with van der Waals surface area (Å²) in [5.74, 6) is -0.0669. The summed E-state index contributed by atoms with van der Waals surface area (Å²) < 4.78 is 5.77. The molecule has 0 radical (unpaired) electrons. The Morgan fingerprint density at radius 3 is 2.28 bits per heavy atom. The average molecular weight is 384 g/mol. The van der Waals surface area contributed by atoms with E-state index in [1.807, 2.05) is 73.7 Å². The SMILES string of the molecule is Cc1ccc(N2NC(=O)C(=Cc3ccc(OCc4ccccc4)cc3)C2=O)cc1. The second-order valence-electron chi connectivity index (χ2n) is 6.82. The van der Waals surface area contributed by atoms with E-state index in [0.29, 0.717) is 12.3 Å². The van der Waals surface area contributed by atoms with E-state index in [1.54, 1.807) is 18.2 Å². The molecule has 0 aliphatic carbocycles. The fourth-order valence-corrected chi connectivity index (χ4v) is 3.00. The van der Waals surface area contributed by atoms with Gasteiger partial charge >= 0.3 is 0 Å². The van der Waals surface area contributed by atoms with Crippen molar-refractivity contribution >= 4 is 23.6 Å². The molecule has 4 rings (SSSR count). The zero-order valence-corrected chi connectivity index (χ0v) is 16.0. The van der Waals surface area contributed by atoms with Crippen LogP contribution < -0.4 is 15.2 Å². The first-order valence-electron chi connectivity index (χ1n) is 9.31. The smallest absolute Gasteiger partial charge is 0.282 e. The largest absolute Gasteiger partial charge is 0.489 e. The van der Waals surface area contributed by atoms with Crippen LogP contribution >= 0.6 is 0 Å². The van der Waals surface area contributed by atoms with Crippen molar-refractivity contribution in [3.8, 4) is 5.75 Å². The molecule has 3 aromatic carbocycles. The molecule has 0 aromatic heterocycles. The van der Waals surface area contributed by atoms with Crippen LogP contribution in [0.1, 0.15) is 16.7 Å². The van der Waals surface area contributed by atoms with E-state index >= 15 is 0 Å². The summed E-state index contributed by atoms with van der Waals surface area (Å²) in [6.07, 6.45) is 1.59. The van der Waals surface area contributed by atoms with Crippen LogP contribution in [0.2, 0.25) is 0 Å². The van der Waals surface area contributed by atoms with E-state index < -0.39 is 5.91 Å². The maximum atomic E-state index is 12.7. The van der Waals surface area contributed by atoms with Gasteiger partial charge in [-0.2, -0.15) is 0 Å².